The van der Waals surface area contributed by atoms with Gasteiger partial charge in [-0.2, -0.15) is 0 Å². The Labute approximate surface area is 124 Å². The molecule has 0 saturated carbocycles. The van der Waals surface area contributed by atoms with Gasteiger partial charge in [-0.3, -0.25) is 0 Å². The molecule has 0 atom stereocenters. The summed E-state index contributed by atoms with van der Waals surface area (Å²) >= 11 is 6.18. The molecule has 0 aliphatic rings. The van der Waals surface area contributed by atoms with Gasteiger partial charge < -0.3 is 15.2 Å². The standard InChI is InChI=1S/C16H18ClNO2/c1-19-13-7-5-12(6-8-13)11-20-16-4-2-3-15(17)14(16)9-10-18/h2-8H,9-11,18H2,1H3. The first kappa shape index (κ1) is 14.7. The first-order valence-corrected chi connectivity index (χ1v) is 6.85. The highest BCUT2D eigenvalue weighted by Crippen LogP contribution is 2.27. The van der Waals surface area contributed by atoms with Gasteiger partial charge in [-0.1, -0.05) is 29.8 Å². The lowest BCUT2D eigenvalue weighted by Crippen LogP contribution is -2.06. The van der Waals surface area contributed by atoms with Crippen LogP contribution in [-0.4, -0.2) is 13.7 Å². The van der Waals surface area contributed by atoms with Crippen LogP contribution in [0.25, 0.3) is 0 Å². The second kappa shape index (κ2) is 7.17. The largest absolute Gasteiger partial charge is 0.497 e. The number of ether oxygens (including phenoxy) is 2. The lowest BCUT2D eigenvalue weighted by molar-refractivity contribution is 0.303. The van der Waals surface area contributed by atoms with Gasteiger partial charge in [0.2, 0.25) is 0 Å². The van der Waals surface area contributed by atoms with Gasteiger partial charge in [0.05, 0.1) is 7.11 Å². The van der Waals surface area contributed by atoms with Crippen molar-refractivity contribution in [2.24, 2.45) is 5.73 Å². The molecule has 0 bridgehead atoms. The van der Waals surface area contributed by atoms with Gasteiger partial charge >= 0.3 is 0 Å². The van der Waals surface area contributed by atoms with Crippen LogP contribution in [-0.2, 0) is 13.0 Å². The molecule has 0 aliphatic carbocycles. The second-order valence-corrected chi connectivity index (χ2v) is 4.80. The molecular formula is C16H18ClNO2. The summed E-state index contributed by atoms with van der Waals surface area (Å²) in [6.07, 6.45) is 0.706. The van der Waals surface area contributed by atoms with Crippen molar-refractivity contribution >= 4 is 11.6 Å². The Morgan fingerprint density at radius 1 is 1.10 bits per heavy atom. The number of hydrogen-bond acceptors (Lipinski definition) is 3. The van der Waals surface area contributed by atoms with Crippen molar-refractivity contribution in [2.45, 2.75) is 13.0 Å². The van der Waals surface area contributed by atoms with Crippen LogP contribution < -0.4 is 15.2 Å². The number of methoxy groups -OCH3 is 1. The Hall–Kier alpha value is -1.71. The number of halogens is 1. The minimum absolute atomic E-state index is 0.488. The van der Waals surface area contributed by atoms with E-state index in [1.165, 1.54) is 0 Å². The van der Waals surface area contributed by atoms with E-state index in [1.54, 1.807) is 7.11 Å². The van der Waals surface area contributed by atoms with Crippen LogP contribution in [0.15, 0.2) is 42.5 Å². The van der Waals surface area contributed by atoms with Crippen molar-refractivity contribution in [3.63, 3.8) is 0 Å². The fourth-order valence-corrected chi connectivity index (χ4v) is 2.20. The molecule has 20 heavy (non-hydrogen) atoms. The normalized spacial score (nSPS) is 10.3. The van der Waals surface area contributed by atoms with E-state index < -0.39 is 0 Å². The van der Waals surface area contributed by atoms with E-state index in [4.69, 9.17) is 26.8 Å². The molecule has 0 heterocycles. The average Bonchev–Trinajstić information content (AvgIpc) is 2.48. The summed E-state index contributed by atoms with van der Waals surface area (Å²) in [5.74, 6) is 1.62. The van der Waals surface area contributed by atoms with E-state index in [-0.39, 0.29) is 0 Å². The monoisotopic (exact) mass is 291 g/mol. The number of nitrogens with two attached hydrogens (primary N) is 1. The van der Waals surface area contributed by atoms with Gasteiger partial charge in [0.25, 0.3) is 0 Å². The lowest BCUT2D eigenvalue weighted by Gasteiger charge is -2.12. The molecule has 3 nitrogen and oxygen atoms in total. The Morgan fingerprint density at radius 3 is 2.50 bits per heavy atom. The van der Waals surface area contributed by atoms with Gasteiger partial charge in [-0.05, 0) is 42.8 Å². The van der Waals surface area contributed by atoms with E-state index in [1.807, 2.05) is 42.5 Å². The molecule has 0 spiro atoms. The predicted octanol–water partition coefficient (Wildman–Crippen LogP) is 3.43. The van der Waals surface area contributed by atoms with Crippen LogP contribution in [0.2, 0.25) is 5.02 Å². The fraction of sp³-hybridized carbons (Fsp3) is 0.250. The quantitative estimate of drug-likeness (QED) is 0.887. The maximum Gasteiger partial charge on any atom is 0.124 e. The number of hydrogen-bond donors (Lipinski definition) is 1. The van der Waals surface area contributed by atoms with Crippen LogP contribution in [0.5, 0.6) is 11.5 Å². The fourth-order valence-electron chi connectivity index (χ4n) is 1.94. The summed E-state index contributed by atoms with van der Waals surface area (Å²) in [6.45, 7) is 1.03. The third-order valence-corrected chi connectivity index (χ3v) is 3.38. The molecule has 0 aliphatic heterocycles. The molecule has 2 rings (SSSR count). The van der Waals surface area contributed by atoms with Gasteiger partial charge in [0.15, 0.2) is 0 Å². The molecular weight excluding hydrogens is 274 g/mol. The van der Waals surface area contributed by atoms with Gasteiger partial charge in [-0.25, -0.2) is 0 Å². The smallest absolute Gasteiger partial charge is 0.124 e. The second-order valence-electron chi connectivity index (χ2n) is 4.39. The topological polar surface area (TPSA) is 44.5 Å². The Kier molecular flexibility index (Phi) is 5.27. The van der Waals surface area contributed by atoms with Gasteiger partial charge in [0.1, 0.15) is 18.1 Å². The molecule has 2 aromatic carbocycles. The molecule has 0 fully saturated rings. The van der Waals surface area contributed by atoms with E-state index in [9.17, 15) is 0 Å². The maximum absolute atomic E-state index is 6.18. The molecule has 2 N–H and O–H groups in total. The summed E-state index contributed by atoms with van der Waals surface area (Å²) in [7, 11) is 1.65. The van der Waals surface area contributed by atoms with E-state index in [2.05, 4.69) is 0 Å². The molecule has 4 heteroatoms. The van der Waals surface area contributed by atoms with E-state index >= 15 is 0 Å². The summed E-state index contributed by atoms with van der Waals surface area (Å²) in [5, 5.41) is 0.697. The third kappa shape index (κ3) is 3.65. The van der Waals surface area contributed by atoms with Crippen molar-refractivity contribution < 1.29 is 9.47 Å². The molecule has 106 valence electrons. The van der Waals surface area contributed by atoms with Crippen molar-refractivity contribution in [1.82, 2.24) is 0 Å². The summed E-state index contributed by atoms with van der Waals surface area (Å²) in [6, 6.07) is 13.4. The van der Waals surface area contributed by atoms with Crippen molar-refractivity contribution in [1.29, 1.82) is 0 Å². The van der Waals surface area contributed by atoms with Crippen molar-refractivity contribution in [3.8, 4) is 11.5 Å². The lowest BCUT2D eigenvalue weighted by atomic mass is 10.1. The Morgan fingerprint density at radius 2 is 1.85 bits per heavy atom. The first-order valence-electron chi connectivity index (χ1n) is 6.47. The van der Waals surface area contributed by atoms with E-state index in [0.717, 1.165) is 22.6 Å². The number of benzene rings is 2. The molecule has 0 radical (unpaired) electrons. The highest BCUT2D eigenvalue weighted by Gasteiger charge is 2.07. The van der Waals surface area contributed by atoms with Crippen LogP contribution in [0, 0.1) is 0 Å². The molecule has 0 aromatic heterocycles. The highest BCUT2D eigenvalue weighted by atomic mass is 35.5. The zero-order valence-corrected chi connectivity index (χ0v) is 12.2. The van der Waals surface area contributed by atoms with E-state index in [0.29, 0.717) is 24.6 Å². The minimum Gasteiger partial charge on any atom is -0.497 e. The van der Waals surface area contributed by atoms with Crippen LogP contribution in [0.1, 0.15) is 11.1 Å². The van der Waals surface area contributed by atoms with Crippen LogP contribution >= 0.6 is 11.6 Å². The van der Waals surface area contributed by atoms with Crippen LogP contribution in [0.4, 0.5) is 0 Å². The minimum atomic E-state index is 0.488. The van der Waals surface area contributed by atoms with Crippen LogP contribution in [0.3, 0.4) is 0 Å². The summed E-state index contributed by atoms with van der Waals surface area (Å²) < 4.78 is 11.0. The molecule has 0 amide bonds. The molecule has 0 unspecified atom stereocenters. The SMILES string of the molecule is COc1ccc(COc2cccc(Cl)c2CCN)cc1. The van der Waals surface area contributed by atoms with Crippen molar-refractivity contribution in [3.05, 3.63) is 58.6 Å². The average molecular weight is 292 g/mol. The third-order valence-electron chi connectivity index (χ3n) is 3.02. The van der Waals surface area contributed by atoms with Crippen molar-refractivity contribution in [2.75, 3.05) is 13.7 Å². The molecule has 0 saturated heterocycles. The zero-order chi connectivity index (χ0) is 14.4. The molecule has 2 aromatic rings. The maximum atomic E-state index is 6.18. The highest BCUT2D eigenvalue weighted by molar-refractivity contribution is 6.31. The Bertz CT molecular complexity index is 555. The van der Waals surface area contributed by atoms with Gasteiger partial charge in [0, 0.05) is 10.6 Å². The zero-order valence-electron chi connectivity index (χ0n) is 11.4. The predicted molar refractivity (Wildman–Crippen MR) is 81.5 cm³/mol. The van der Waals surface area contributed by atoms with Gasteiger partial charge in [-0.15, -0.1) is 0 Å². The first-order chi connectivity index (χ1) is 9.74. The summed E-state index contributed by atoms with van der Waals surface area (Å²) in [4.78, 5) is 0. The number of rotatable bonds is 6. The summed E-state index contributed by atoms with van der Waals surface area (Å²) in [5.41, 5.74) is 7.65. The Balaban J connectivity index is 2.08.